The van der Waals surface area contributed by atoms with Crippen LogP contribution >= 0.6 is 0 Å². The van der Waals surface area contributed by atoms with Crippen molar-refractivity contribution in [1.29, 1.82) is 0 Å². The molecule has 0 amide bonds. The van der Waals surface area contributed by atoms with Crippen LogP contribution < -0.4 is 4.74 Å². The molecular formula is C14H17F2NO3. The average molecular weight is 285 g/mol. The lowest BCUT2D eigenvalue weighted by Crippen LogP contribution is -2.46. The molecule has 2 atom stereocenters. The Morgan fingerprint density at radius 3 is 2.55 bits per heavy atom. The number of carbonyl (C=O) groups excluding carboxylic acids is 1. The number of hydrogen-bond acceptors (Lipinski definition) is 4. The van der Waals surface area contributed by atoms with Gasteiger partial charge in [0.1, 0.15) is 6.10 Å². The van der Waals surface area contributed by atoms with Crippen LogP contribution in [0.1, 0.15) is 6.42 Å². The third-order valence-corrected chi connectivity index (χ3v) is 3.33. The van der Waals surface area contributed by atoms with E-state index >= 15 is 0 Å². The van der Waals surface area contributed by atoms with Gasteiger partial charge in [-0.1, -0.05) is 6.07 Å². The number of piperidine rings is 1. The van der Waals surface area contributed by atoms with Crippen LogP contribution in [0.4, 0.5) is 8.78 Å². The van der Waals surface area contributed by atoms with Gasteiger partial charge >= 0.3 is 5.97 Å². The van der Waals surface area contributed by atoms with Crippen LogP contribution in [-0.2, 0) is 9.53 Å². The van der Waals surface area contributed by atoms with E-state index in [1.165, 1.54) is 13.2 Å². The molecule has 1 heterocycles. The second-order valence-corrected chi connectivity index (χ2v) is 4.97. The lowest BCUT2D eigenvalue weighted by atomic mass is 9.96. The molecule has 4 nitrogen and oxygen atoms in total. The highest BCUT2D eigenvalue weighted by Crippen LogP contribution is 2.26. The number of para-hydroxylation sites is 1. The first-order valence-corrected chi connectivity index (χ1v) is 6.38. The number of likely N-dealkylation sites (tertiary alicyclic amines) is 1. The first kappa shape index (κ1) is 14.7. The van der Waals surface area contributed by atoms with Gasteiger partial charge in [-0.3, -0.25) is 4.79 Å². The number of benzene rings is 1. The predicted molar refractivity (Wildman–Crippen MR) is 68.4 cm³/mol. The van der Waals surface area contributed by atoms with Crippen molar-refractivity contribution in [3.8, 4) is 5.75 Å². The van der Waals surface area contributed by atoms with Gasteiger partial charge in [-0.2, -0.15) is 0 Å². The van der Waals surface area contributed by atoms with Crippen LogP contribution in [0.3, 0.4) is 0 Å². The van der Waals surface area contributed by atoms with Crippen LogP contribution in [0, 0.1) is 17.6 Å². The van der Waals surface area contributed by atoms with E-state index in [0.29, 0.717) is 19.5 Å². The van der Waals surface area contributed by atoms with Gasteiger partial charge in [0, 0.05) is 19.5 Å². The zero-order chi connectivity index (χ0) is 14.7. The SMILES string of the molecule is COC(=O)C1CC(Oc2c(F)cccc2F)CN(C)C1. The summed E-state index contributed by atoms with van der Waals surface area (Å²) in [6.07, 6.45) is -0.0746. The maximum Gasteiger partial charge on any atom is 0.310 e. The molecule has 110 valence electrons. The van der Waals surface area contributed by atoms with E-state index in [-0.39, 0.29) is 11.9 Å². The Morgan fingerprint density at radius 2 is 1.95 bits per heavy atom. The molecule has 20 heavy (non-hydrogen) atoms. The van der Waals surface area contributed by atoms with E-state index < -0.39 is 23.5 Å². The van der Waals surface area contributed by atoms with Gasteiger partial charge in [0.25, 0.3) is 0 Å². The Hall–Kier alpha value is -1.69. The van der Waals surface area contributed by atoms with Crippen LogP contribution in [0.25, 0.3) is 0 Å². The summed E-state index contributed by atoms with van der Waals surface area (Å²) in [6.45, 7) is 1.05. The number of methoxy groups -OCH3 is 1. The fraction of sp³-hybridized carbons (Fsp3) is 0.500. The summed E-state index contributed by atoms with van der Waals surface area (Å²) in [5, 5.41) is 0. The van der Waals surface area contributed by atoms with Crippen LogP contribution in [0.15, 0.2) is 18.2 Å². The third-order valence-electron chi connectivity index (χ3n) is 3.33. The number of likely N-dealkylation sites (N-methyl/N-ethyl adjacent to an activating group) is 1. The second-order valence-electron chi connectivity index (χ2n) is 4.97. The predicted octanol–water partition coefficient (Wildman–Crippen LogP) is 1.84. The fourth-order valence-corrected chi connectivity index (χ4v) is 2.45. The summed E-state index contributed by atoms with van der Waals surface area (Å²) in [5.74, 6) is -2.56. The Bertz CT molecular complexity index is 475. The van der Waals surface area contributed by atoms with Crippen LogP contribution in [-0.4, -0.2) is 44.2 Å². The standard InChI is InChI=1S/C14H17F2NO3/c1-17-7-9(14(18)19-2)6-10(8-17)20-13-11(15)4-3-5-12(13)16/h3-5,9-10H,6-8H2,1-2H3. The summed E-state index contributed by atoms with van der Waals surface area (Å²) in [7, 11) is 3.15. The quantitative estimate of drug-likeness (QED) is 0.794. The monoisotopic (exact) mass is 285 g/mol. The van der Waals surface area contributed by atoms with Gasteiger partial charge in [-0.05, 0) is 19.2 Å². The molecule has 1 fully saturated rings. The summed E-state index contributed by atoms with van der Waals surface area (Å²) >= 11 is 0. The van der Waals surface area contributed by atoms with E-state index in [0.717, 1.165) is 12.1 Å². The molecule has 1 aliphatic heterocycles. The van der Waals surface area contributed by atoms with Crippen molar-refractivity contribution in [2.24, 2.45) is 5.92 Å². The molecule has 0 radical (unpaired) electrons. The molecular weight excluding hydrogens is 268 g/mol. The summed E-state index contributed by atoms with van der Waals surface area (Å²) in [5.41, 5.74) is 0. The largest absolute Gasteiger partial charge is 0.483 e. The highest BCUT2D eigenvalue weighted by Gasteiger charge is 2.32. The molecule has 6 heteroatoms. The van der Waals surface area contributed by atoms with Gasteiger partial charge in [0.2, 0.25) is 0 Å². The number of carbonyl (C=O) groups is 1. The highest BCUT2D eigenvalue weighted by molar-refractivity contribution is 5.72. The second kappa shape index (κ2) is 6.17. The molecule has 1 saturated heterocycles. The molecule has 0 aromatic heterocycles. The topological polar surface area (TPSA) is 38.8 Å². The van der Waals surface area contributed by atoms with Crippen molar-refractivity contribution in [2.45, 2.75) is 12.5 Å². The van der Waals surface area contributed by atoms with Crippen molar-refractivity contribution < 1.29 is 23.0 Å². The zero-order valence-corrected chi connectivity index (χ0v) is 11.4. The fourth-order valence-electron chi connectivity index (χ4n) is 2.45. The maximum absolute atomic E-state index is 13.6. The number of hydrogen-bond donors (Lipinski definition) is 0. The Kier molecular flexibility index (Phi) is 4.54. The summed E-state index contributed by atoms with van der Waals surface area (Å²) in [6, 6.07) is 3.56. The number of halogens is 2. The highest BCUT2D eigenvalue weighted by atomic mass is 19.1. The first-order valence-electron chi connectivity index (χ1n) is 6.38. The maximum atomic E-state index is 13.6. The minimum Gasteiger partial charge on any atom is -0.483 e. The normalized spacial score (nSPS) is 23.4. The third kappa shape index (κ3) is 3.25. The number of ether oxygens (including phenoxy) is 2. The zero-order valence-electron chi connectivity index (χ0n) is 11.4. The number of nitrogens with zero attached hydrogens (tertiary/aromatic N) is 1. The van der Waals surface area contributed by atoms with Crippen molar-refractivity contribution in [1.82, 2.24) is 4.90 Å². The summed E-state index contributed by atoms with van der Waals surface area (Å²) < 4.78 is 37.2. The molecule has 0 spiro atoms. The van der Waals surface area contributed by atoms with Gasteiger partial charge in [0.15, 0.2) is 17.4 Å². The van der Waals surface area contributed by atoms with Crippen molar-refractivity contribution in [3.63, 3.8) is 0 Å². The molecule has 0 N–H and O–H groups in total. The van der Waals surface area contributed by atoms with E-state index in [4.69, 9.17) is 9.47 Å². The Labute approximate surface area is 116 Å². The van der Waals surface area contributed by atoms with E-state index in [1.807, 2.05) is 11.9 Å². The molecule has 1 aromatic carbocycles. The molecule has 2 rings (SSSR count). The Morgan fingerprint density at radius 1 is 1.30 bits per heavy atom. The molecule has 0 saturated carbocycles. The van der Waals surface area contributed by atoms with Gasteiger partial charge in [0.05, 0.1) is 13.0 Å². The van der Waals surface area contributed by atoms with Crippen LogP contribution in [0.2, 0.25) is 0 Å². The first-order chi connectivity index (χ1) is 9.51. The van der Waals surface area contributed by atoms with Gasteiger partial charge in [-0.25, -0.2) is 8.78 Å². The molecule has 2 unspecified atom stereocenters. The van der Waals surface area contributed by atoms with E-state index in [2.05, 4.69) is 0 Å². The molecule has 1 aromatic rings. The number of esters is 1. The minimum atomic E-state index is -0.743. The van der Waals surface area contributed by atoms with Crippen molar-refractivity contribution in [2.75, 3.05) is 27.2 Å². The Balaban J connectivity index is 2.10. The van der Waals surface area contributed by atoms with Crippen molar-refractivity contribution in [3.05, 3.63) is 29.8 Å². The molecule has 1 aliphatic rings. The summed E-state index contributed by atoms with van der Waals surface area (Å²) in [4.78, 5) is 13.5. The smallest absolute Gasteiger partial charge is 0.310 e. The van der Waals surface area contributed by atoms with E-state index in [9.17, 15) is 13.6 Å². The molecule has 0 aliphatic carbocycles. The molecule has 0 bridgehead atoms. The number of rotatable bonds is 3. The minimum absolute atomic E-state index is 0.334. The van der Waals surface area contributed by atoms with Crippen LogP contribution in [0.5, 0.6) is 5.75 Å². The lowest BCUT2D eigenvalue weighted by molar-refractivity contribution is -0.148. The lowest BCUT2D eigenvalue weighted by Gasteiger charge is -2.34. The van der Waals surface area contributed by atoms with Gasteiger partial charge in [-0.15, -0.1) is 0 Å². The van der Waals surface area contributed by atoms with Gasteiger partial charge < -0.3 is 14.4 Å². The van der Waals surface area contributed by atoms with Crippen molar-refractivity contribution >= 4 is 5.97 Å². The van der Waals surface area contributed by atoms with E-state index in [1.54, 1.807) is 0 Å². The average Bonchev–Trinajstić information content (AvgIpc) is 2.41.